The Bertz CT molecular complexity index is 117. The van der Waals surface area contributed by atoms with Crippen LogP contribution in [0.4, 0.5) is 0 Å². The number of hydrogen-bond acceptors (Lipinski definition) is 1. The summed E-state index contributed by atoms with van der Waals surface area (Å²) in [6.45, 7) is 6.81. The third kappa shape index (κ3) is 44.9. The van der Waals surface area contributed by atoms with Gasteiger partial charge in [0.2, 0.25) is 0 Å². The zero-order valence-corrected chi connectivity index (χ0v) is 12.0. The van der Waals surface area contributed by atoms with Gasteiger partial charge in [0.25, 0.3) is 0 Å². The minimum absolute atomic E-state index is 0. The van der Waals surface area contributed by atoms with Crippen LogP contribution in [0.1, 0.15) is 6.42 Å². The molecule has 1 aliphatic rings. The van der Waals surface area contributed by atoms with Crippen LogP contribution in [0.5, 0.6) is 0 Å². The van der Waals surface area contributed by atoms with Gasteiger partial charge in [-0.2, -0.15) is 6.08 Å². The number of rotatable bonds is 0. The van der Waals surface area contributed by atoms with Crippen molar-refractivity contribution < 1.29 is 45.9 Å². The van der Waals surface area contributed by atoms with Crippen molar-refractivity contribution in [3.8, 4) is 0 Å². The fourth-order valence-electron chi connectivity index (χ4n) is 0.340. The van der Waals surface area contributed by atoms with Crippen LogP contribution in [0.2, 0.25) is 19.6 Å². The van der Waals surface area contributed by atoms with Gasteiger partial charge in [0.1, 0.15) is 0 Å². The van der Waals surface area contributed by atoms with E-state index in [1.165, 1.54) is 0 Å². The maximum atomic E-state index is 8.19. The van der Waals surface area contributed by atoms with E-state index < -0.39 is 0 Å². The van der Waals surface area contributed by atoms with Crippen molar-refractivity contribution >= 4 is 8.80 Å². The Labute approximate surface area is 105 Å². The second-order valence-electron chi connectivity index (χ2n) is 2.50. The molecule has 0 aliphatic heterocycles. The van der Waals surface area contributed by atoms with Crippen molar-refractivity contribution in [2.75, 3.05) is 0 Å². The van der Waals surface area contributed by atoms with Gasteiger partial charge in [0, 0.05) is 8.80 Å². The number of allylic oxidation sites excluding steroid dienone is 4. The van der Waals surface area contributed by atoms with Crippen LogP contribution in [0.15, 0.2) is 18.2 Å². The Kier molecular flexibility index (Phi) is 41.4. The van der Waals surface area contributed by atoms with Crippen LogP contribution in [0.3, 0.4) is 0 Å². The molecule has 13 heavy (non-hydrogen) atoms. The Balaban J connectivity index is -0.0000000472. The fourth-order valence-corrected chi connectivity index (χ4v) is 0.340. The average molecular weight is 276 g/mol. The van der Waals surface area contributed by atoms with Gasteiger partial charge in [-0.05, 0) is 0 Å². The van der Waals surface area contributed by atoms with E-state index in [2.05, 4.69) is 31.8 Å². The van der Waals surface area contributed by atoms with Crippen molar-refractivity contribution in [2.24, 2.45) is 0 Å². The second kappa shape index (κ2) is 23.0. The van der Waals surface area contributed by atoms with Crippen molar-refractivity contribution in [2.45, 2.75) is 26.1 Å². The van der Waals surface area contributed by atoms with Gasteiger partial charge in [-0.25, -0.2) is 12.2 Å². The summed E-state index contributed by atoms with van der Waals surface area (Å²) in [4.78, 5) is 0. The van der Waals surface area contributed by atoms with Crippen molar-refractivity contribution in [3.05, 3.63) is 24.3 Å². The maximum absolute atomic E-state index is 8.19. The van der Waals surface area contributed by atoms with Crippen LogP contribution in [-0.2, 0) is 21.0 Å². The fraction of sp³-hybridized carbons (Fsp3) is 0.500. The van der Waals surface area contributed by atoms with Crippen molar-refractivity contribution in [1.82, 2.24) is 0 Å². The molecule has 1 radical (unpaired) electrons. The third-order valence-electron chi connectivity index (χ3n) is 0.586. The van der Waals surface area contributed by atoms with E-state index in [0.717, 1.165) is 23.8 Å². The van der Waals surface area contributed by atoms with Crippen LogP contribution < -0.4 is 24.8 Å². The number of hydrogen-bond donors (Lipinski definition) is 0. The van der Waals surface area contributed by atoms with Gasteiger partial charge >= 0.3 is 21.0 Å². The molecule has 0 aromatic heterocycles. The molecule has 1 aliphatic carbocycles. The molecule has 0 saturated heterocycles. The topological polar surface area (TPSA) is 17.1 Å². The first-order valence-corrected chi connectivity index (χ1v) is 6.97. The van der Waals surface area contributed by atoms with E-state index in [1.807, 2.05) is 12.2 Å². The molecule has 0 unspecified atom stereocenters. The molecule has 0 bridgehead atoms. The van der Waals surface area contributed by atoms with Crippen LogP contribution >= 0.6 is 0 Å². The van der Waals surface area contributed by atoms with E-state index in [4.69, 9.17) is 3.67 Å². The monoisotopic (exact) mass is 275 g/mol. The Morgan fingerprint density at radius 3 is 1.69 bits per heavy atom. The van der Waals surface area contributed by atoms with Gasteiger partial charge in [-0.15, -0.1) is 6.42 Å². The molecule has 1 rings (SSSR count). The average Bonchev–Trinajstić information content (AvgIpc) is 2.44. The van der Waals surface area contributed by atoms with E-state index in [0.29, 0.717) is 0 Å². The molecular weight excluding hydrogens is 262 g/mol. The molecule has 1 nitrogen and oxygen atoms in total. The van der Waals surface area contributed by atoms with Gasteiger partial charge < -0.3 is 24.8 Å². The van der Waals surface area contributed by atoms with Crippen molar-refractivity contribution in [1.29, 1.82) is 0 Å². The first-order valence-electron chi connectivity index (χ1n) is 3.40. The molecule has 0 saturated carbocycles. The minimum atomic E-state index is 0. The molecule has 0 aromatic rings. The first kappa shape index (κ1) is 23.5. The Hall–Kier alpha value is 0.661. The third-order valence-corrected chi connectivity index (χ3v) is 0.586. The molecule has 0 aromatic carbocycles. The molecule has 0 atom stereocenters. The summed E-state index contributed by atoms with van der Waals surface area (Å²) in [7, 11) is 0.120. The molecule has 0 spiro atoms. The van der Waals surface area contributed by atoms with Crippen LogP contribution in [0.25, 0.3) is 0 Å². The second-order valence-corrected chi connectivity index (χ2v) is 5.50. The predicted octanol–water partition coefficient (Wildman–Crippen LogP) is -3.44. The normalized spacial score (nSPS) is 10.0. The Morgan fingerprint density at radius 2 is 1.62 bits per heavy atom. The van der Waals surface area contributed by atoms with Crippen molar-refractivity contribution in [3.63, 3.8) is 0 Å². The summed E-state index contributed by atoms with van der Waals surface area (Å²) < 4.78 is 8.19. The summed E-state index contributed by atoms with van der Waals surface area (Å²) in [6, 6.07) is 0. The van der Waals surface area contributed by atoms with Crippen LogP contribution in [0, 0.1) is 6.08 Å². The van der Waals surface area contributed by atoms with E-state index >= 15 is 0 Å². The van der Waals surface area contributed by atoms with Gasteiger partial charge in [-0.1, -0.05) is 19.6 Å². The molecule has 0 heterocycles. The van der Waals surface area contributed by atoms with Gasteiger partial charge in [0.05, 0.1) is 0 Å². The molecule has 0 amide bonds. The Morgan fingerprint density at radius 1 is 1.23 bits per heavy atom. The molecule has 0 N–H and O–H groups in total. The quantitative estimate of drug-likeness (QED) is 0.332. The zero-order valence-electron chi connectivity index (χ0n) is 8.05. The van der Waals surface area contributed by atoms with Gasteiger partial charge in [-0.3, -0.25) is 6.08 Å². The summed E-state index contributed by atoms with van der Waals surface area (Å²) in [5.74, 6) is 0. The zero-order chi connectivity index (χ0) is 9.11. The molecule has 5 heteroatoms. The van der Waals surface area contributed by atoms with Crippen LogP contribution in [-0.4, -0.2) is 8.80 Å². The molecule has 0 fully saturated rings. The predicted molar refractivity (Wildman–Crippen MR) is 45.6 cm³/mol. The van der Waals surface area contributed by atoms with Gasteiger partial charge in [0.15, 0.2) is 0 Å². The summed E-state index contributed by atoms with van der Waals surface area (Å²) in [5.41, 5.74) is 0. The van der Waals surface area contributed by atoms with E-state index in [9.17, 15) is 0 Å². The number of halogens is 2. The van der Waals surface area contributed by atoms with E-state index in [1.54, 1.807) is 0 Å². The SMILES string of the molecule is C[Si](C)C.[C-]1=CC=CC1.[Cl-].[Cl-].[O]=[V+2]. The van der Waals surface area contributed by atoms with E-state index in [-0.39, 0.29) is 33.6 Å². The molecular formula is C8H14Cl2OSiV-. The first-order chi connectivity index (χ1) is 5.23. The molecule has 76 valence electrons. The summed E-state index contributed by atoms with van der Waals surface area (Å²) in [5, 5.41) is 0. The summed E-state index contributed by atoms with van der Waals surface area (Å²) in [6.07, 6.45) is 10.0. The summed E-state index contributed by atoms with van der Waals surface area (Å²) >= 11 is 1.06. The standard InChI is InChI=1S/C5H5.C3H9Si.2ClH.O.V/c1-2-4-5-3-1;1-4(2)3;;;;/h1-3H,4H2;1-3H3;2*1H;;/q-1;;;;;+2/p-2.